The van der Waals surface area contributed by atoms with E-state index in [2.05, 4.69) is 30.2 Å². The molecule has 0 bridgehead atoms. The lowest BCUT2D eigenvalue weighted by molar-refractivity contribution is 0.0525. The van der Waals surface area contributed by atoms with Crippen LogP contribution < -0.4 is 4.90 Å². The zero-order valence-electron chi connectivity index (χ0n) is 13.7. The third-order valence-electron chi connectivity index (χ3n) is 3.73. The SMILES string of the molecule is CCOC(=O)c1cc(N2CCOCC2)n(C(C)(C)C)c1C. The van der Waals surface area contributed by atoms with E-state index < -0.39 is 0 Å². The second-order valence-corrected chi connectivity index (χ2v) is 6.33. The fourth-order valence-electron chi connectivity index (χ4n) is 2.88. The number of carbonyl (C=O) groups excluding carboxylic acids is 1. The van der Waals surface area contributed by atoms with Crippen LogP contribution in [0.5, 0.6) is 0 Å². The minimum atomic E-state index is -0.243. The van der Waals surface area contributed by atoms with Gasteiger partial charge in [0.25, 0.3) is 0 Å². The number of ether oxygens (including phenoxy) is 2. The van der Waals surface area contributed by atoms with Gasteiger partial charge in [0.15, 0.2) is 0 Å². The molecule has 1 aliphatic heterocycles. The number of rotatable bonds is 3. The molecule has 0 saturated carbocycles. The van der Waals surface area contributed by atoms with E-state index in [1.165, 1.54) is 0 Å². The number of nitrogens with zero attached hydrogens (tertiary/aromatic N) is 2. The first-order valence-corrected chi connectivity index (χ1v) is 7.59. The van der Waals surface area contributed by atoms with Crippen LogP contribution in [0.25, 0.3) is 0 Å². The van der Waals surface area contributed by atoms with Crippen molar-refractivity contribution in [2.24, 2.45) is 0 Å². The van der Waals surface area contributed by atoms with E-state index in [1.807, 2.05) is 19.9 Å². The molecule has 0 spiro atoms. The quantitative estimate of drug-likeness (QED) is 0.804. The summed E-state index contributed by atoms with van der Waals surface area (Å²) in [5, 5.41) is 0. The minimum Gasteiger partial charge on any atom is -0.462 e. The third-order valence-corrected chi connectivity index (χ3v) is 3.73. The first kappa shape index (κ1) is 15.9. The Balaban J connectivity index is 2.46. The number of anilines is 1. The van der Waals surface area contributed by atoms with Crippen LogP contribution in [0.2, 0.25) is 0 Å². The Morgan fingerprint density at radius 1 is 1.33 bits per heavy atom. The van der Waals surface area contributed by atoms with Crippen molar-refractivity contribution in [1.29, 1.82) is 0 Å². The van der Waals surface area contributed by atoms with Crippen molar-refractivity contribution in [2.45, 2.75) is 40.2 Å². The van der Waals surface area contributed by atoms with Crippen LogP contribution in [0.1, 0.15) is 43.7 Å². The van der Waals surface area contributed by atoms with Crippen molar-refractivity contribution in [3.8, 4) is 0 Å². The fourth-order valence-corrected chi connectivity index (χ4v) is 2.88. The molecule has 1 aliphatic rings. The fraction of sp³-hybridized carbons (Fsp3) is 0.688. The average Bonchev–Trinajstić information content (AvgIpc) is 2.77. The summed E-state index contributed by atoms with van der Waals surface area (Å²) in [4.78, 5) is 14.4. The highest BCUT2D eigenvalue weighted by molar-refractivity contribution is 5.92. The van der Waals surface area contributed by atoms with Crippen molar-refractivity contribution in [3.05, 3.63) is 17.3 Å². The number of esters is 1. The molecule has 21 heavy (non-hydrogen) atoms. The molecule has 2 heterocycles. The molecule has 0 radical (unpaired) electrons. The standard InChI is InChI=1S/C16H26N2O3/c1-6-21-15(19)13-11-14(17-7-9-20-10-8-17)18(12(13)2)16(3,4)5/h11H,6-10H2,1-5H3. The molecule has 1 saturated heterocycles. The van der Waals surface area contributed by atoms with Gasteiger partial charge in [0, 0.05) is 24.3 Å². The molecule has 118 valence electrons. The molecule has 0 amide bonds. The first-order valence-electron chi connectivity index (χ1n) is 7.59. The molecule has 0 atom stereocenters. The van der Waals surface area contributed by atoms with E-state index in [9.17, 15) is 4.79 Å². The van der Waals surface area contributed by atoms with Crippen LogP contribution in [-0.4, -0.2) is 43.4 Å². The lowest BCUT2D eigenvalue weighted by atomic mass is 10.1. The van der Waals surface area contributed by atoms with Gasteiger partial charge < -0.3 is 18.9 Å². The maximum atomic E-state index is 12.2. The highest BCUT2D eigenvalue weighted by atomic mass is 16.5. The van der Waals surface area contributed by atoms with Crippen LogP contribution in [0.15, 0.2) is 6.07 Å². The summed E-state index contributed by atoms with van der Waals surface area (Å²) in [7, 11) is 0. The maximum absolute atomic E-state index is 12.2. The Kier molecular flexibility index (Phi) is 4.61. The molecule has 5 nitrogen and oxygen atoms in total. The highest BCUT2D eigenvalue weighted by Crippen LogP contribution is 2.31. The molecule has 0 unspecified atom stereocenters. The summed E-state index contributed by atoms with van der Waals surface area (Å²) >= 11 is 0. The van der Waals surface area contributed by atoms with Gasteiger partial charge in [-0.25, -0.2) is 4.79 Å². The third kappa shape index (κ3) is 3.23. The summed E-state index contributed by atoms with van der Waals surface area (Å²) < 4.78 is 12.8. The monoisotopic (exact) mass is 294 g/mol. The predicted octanol–water partition coefficient (Wildman–Crippen LogP) is 2.56. The molecule has 1 aromatic rings. The second-order valence-electron chi connectivity index (χ2n) is 6.33. The van der Waals surface area contributed by atoms with Crippen molar-refractivity contribution in [3.63, 3.8) is 0 Å². The van der Waals surface area contributed by atoms with Crippen molar-refractivity contribution in [2.75, 3.05) is 37.8 Å². The van der Waals surface area contributed by atoms with Gasteiger partial charge in [-0.05, 0) is 40.7 Å². The van der Waals surface area contributed by atoms with Crippen LogP contribution in [0, 0.1) is 6.92 Å². The number of morpholine rings is 1. The molecule has 2 rings (SSSR count). The van der Waals surface area contributed by atoms with E-state index in [1.54, 1.807) is 0 Å². The van der Waals surface area contributed by atoms with Gasteiger partial charge in [-0.1, -0.05) is 0 Å². The number of carbonyl (C=O) groups is 1. The Morgan fingerprint density at radius 2 is 1.95 bits per heavy atom. The molecule has 0 aliphatic carbocycles. The van der Waals surface area contributed by atoms with Crippen molar-refractivity contribution in [1.82, 2.24) is 4.57 Å². The van der Waals surface area contributed by atoms with Crippen molar-refractivity contribution < 1.29 is 14.3 Å². The molecular weight excluding hydrogens is 268 g/mol. The second kappa shape index (κ2) is 6.10. The van der Waals surface area contributed by atoms with E-state index in [0.717, 1.165) is 37.8 Å². The van der Waals surface area contributed by atoms with Crippen LogP contribution in [0.3, 0.4) is 0 Å². The summed E-state index contributed by atoms with van der Waals surface area (Å²) in [5.74, 6) is 0.832. The van der Waals surface area contributed by atoms with Gasteiger partial charge >= 0.3 is 5.97 Å². The van der Waals surface area contributed by atoms with Gasteiger partial charge in [0.05, 0.1) is 25.4 Å². The summed E-state index contributed by atoms with van der Waals surface area (Å²) in [6, 6.07) is 1.96. The number of aromatic nitrogens is 1. The van der Waals surface area contributed by atoms with E-state index >= 15 is 0 Å². The largest absolute Gasteiger partial charge is 0.462 e. The topological polar surface area (TPSA) is 43.7 Å². The summed E-state index contributed by atoms with van der Waals surface area (Å²) in [5.41, 5.74) is 1.53. The van der Waals surface area contributed by atoms with Gasteiger partial charge in [-0.3, -0.25) is 0 Å². The number of hydrogen-bond donors (Lipinski definition) is 0. The van der Waals surface area contributed by atoms with Gasteiger partial charge in [0.2, 0.25) is 0 Å². The molecule has 1 fully saturated rings. The van der Waals surface area contributed by atoms with Gasteiger partial charge in [0.1, 0.15) is 5.82 Å². The normalized spacial score (nSPS) is 16.1. The predicted molar refractivity (Wildman–Crippen MR) is 83.2 cm³/mol. The Morgan fingerprint density at radius 3 is 2.48 bits per heavy atom. The molecule has 5 heteroatoms. The van der Waals surface area contributed by atoms with Gasteiger partial charge in [-0.15, -0.1) is 0 Å². The van der Waals surface area contributed by atoms with E-state index in [4.69, 9.17) is 9.47 Å². The summed E-state index contributed by atoms with van der Waals surface area (Å²) in [6.45, 7) is 13.8. The molecule has 1 aromatic heterocycles. The van der Waals surface area contributed by atoms with E-state index in [0.29, 0.717) is 12.2 Å². The molecule has 0 aromatic carbocycles. The smallest absolute Gasteiger partial charge is 0.340 e. The zero-order valence-corrected chi connectivity index (χ0v) is 13.7. The van der Waals surface area contributed by atoms with Gasteiger partial charge in [-0.2, -0.15) is 0 Å². The van der Waals surface area contributed by atoms with Crippen molar-refractivity contribution >= 4 is 11.8 Å². The minimum absolute atomic E-state index is 0.0948. The number of hydrogen-bond acceptors (Lipinski definition) is 4. The van der Waals surface area contributed by atoms with Crippen LogP contribution in [0.4, 0.5) is 5.82 Å². The van der Waals surface area contributed by atoms with E-state index in [-0.39, 0.29) is 11.5 Å². The first-order chi connectivity index (χ1) is 9.86. The Labute approximate surface area is 126 Å². The van der Waals surface area contributed by atoms with Crippen LogP contribution >= 0.6 is 0 Å². The maximum Gasteiger partial charge on any atom is 0.340 e. The zero-order chi connectivity index (χ0) is 15.6. The lowest BCUT2D eigenvalue weighted by Crippen LogP contribution is -2.39. The molecular formula is C16H26N2O3. The Hall–Kier alpha value is -1.49. The lowest BCUT2D eigenvalue weighted by Gasteiger charge is -2.34. The molecule has 0 N–H and O–H groups in total. The highest BCUT2D eigenvalue weighted by Gasteiger charge is 2.28. The summed E-state index contributed by atoms with van der Waals surface area (Å²) in [6.07, 6.45) is 0. The Bertz CT molecular complexity index is 508. The van der Waals surface area contributed by atoms with Crippen LogP contribution in [-0.2, 0) is 15.0 Å². The average molecular weight is 294 g/mol.